The second-order valence-electron chi connectivity index (χ2n) is 5.02. The van der Waals surface area contributed by atoms with Gasteiger partial charge in [-0.1, -0.05) is 79.4 Å². The topological polar surface area (TPSA) is 26.3 Å². The van der Waals surface area contributed by atoms with Gasteiger partial charge >= 0.3 is 5.97 Å². The van der Waals surface area contributed by atoms with Gasteiger partial charge in [-0.05, 0) is 16.8 Å². The highest BCUT2D eigenvalue weighted by Crippen LogP contribution is 2.45. The van der Waals surface area contributed by atoms with E-state index in [1.807, 2.05) is 43.3 Å². The molecule has 0 fully saturated rings. The number of carbonyl (C=O) groups is 1. The molecular formula is C17H19O2PS. The van der Waals surface area contributed by atoms with Crippen LogP contribution in [0, 0.1) is 5.92 Å². The quantitative estimate of drug-likeness (QED) is 0.626. The maximum atomic E-state index is 11.8. The van der Waals surface area contributed by atoms with Crippen molar-refractivity contribution in [1.82, 2.24) is 0 Å². The highest BCUT2D eigenvalue weighted by molar-refractivity contribution is 8.21. The molecule has 0 aliphatic carbocycles. The number of hydrogen-bond donors (Lipinski definition) is 0. The van der Waals surface area contributed by atoms with Gasteiger partial charge in [0.2, 0.25) is 0 Å². The number of benzene rings is 2. The number of ether oxygens (including phenoxy) is 1. The van der Waals surface area contributed by atoms with Gasteiger partial charge in [-0.15, -0.1) is 0 Å². The molecule has 2 aromatic rings. The van der Waals surface area contributed by atoms with Gasteiger partial charge in [0.15, 0.2) is 0 Å². The fraction of sp³-hybridized carbons (Fsp3) is 0.235. The highest BCUT2D eigenvalue weighted by atomic mass is 32.4. The summed E-state index contributed by atoms with van der Waals surface area (Å²) in [6, 6.07) is 18.2. The second-order valence-corrected chi connectivity index (χ2v) is 9.76. The molecule has 2 aromatic carbocycles. The van der Waals surface area contributed by atoms with Crippen molar-refractivity contribution in [2.45, 2.75) is 6.92 Å². The molecule has 0 aliphatic heterocycles. The molecule has 0 amide bonds. The number of esters is 1. The molecule has 0 aliphatic rings. The van der Waals surface area contributed by atoms with Crippen molar-refractivity contribution in [2.24, 2.45) is 5.92 Å². The van der Waals surface area contributed by atoms with Crippen LogP contribution < -0.4 is 10.6 Å². The fourth-order valence-electron chi connectivity index (χ4n) is 2.36. The van der Waals surface area contributed by atoms with Crippen LogP contribution in [-0.4, -0.2) is 19.2 Å². The lowest BCUT2D eigenvalue weighted by Crippen LogP contribution is -2.25. The van der Waals surface area contributed by atoms with Gasteiger partial charge in [0.05, 0.1) is 13.0 Å². The third-order valence-electron chi connectivity index (χ3n) is 3.48. The third-order valence-corrected chi connectivity index (χ3v) is 8.52. The molecule has 0 N–H and O–H groups in total. The monoisotopic (exact) mass is 318 g/mol. The van der Waals surface area contributed by atoms with E-state index < -0.39 is 6.04 Å². The predicted octanol–water partition coefficient (Wildman–Crippen LogP) is 2.93. The molecule has 0 bridgehead atoms. The molecular weight excluding hydrogens is 299 g/mol. The molecule has 1 unspecified atom stereocenters. The van der Waals surface area contributed by atoms with E-state index in [0.29, 0.717) is 6.16 Å². The lowest BCUT2D eigenvalue weighted by molar-refractivity contribution is -0.144. The van der Waals surface area contributed by atoms with Gasteiger partial charge in [-0.3, -0.25) is 4.79 Å². The second kappa shape index (κ2) is 7.02. The van der Waals surface area contributed by atoms with Crippen LogP contribution in [0.25, 0.3) is 0 Å². The molecule has 2 rings (SSSR count). The van der Waals surface area contributed by atoms with Gasteiger partial charge in [0, 0.05) is 6.04 Å². The molecule has 0 aromatic heterocycles. The summed E-state index contributed by atoms with van der Waals surface area (Å²) >= 11 is 6.08. The van der Waals surface area contributed by atoms with E-state index in [2.05, 4.69) is 24.3 Å². The number of carbonyl (C=O) groups excluding carboxylic acids is 1. The van der Waals surface area contributed by atoms with E-state index in [0.717, 1.165) is 10.6 Å². The standard InChI is InChI=1S/C17H19O2PS/c1-14(17(18)19-2)13-20(21,15-9-5-3-6-10-15)16-11-7-4-8-12-16/h3-12,14H,13H2,1-2H3. The van der Waals surface area contributed by atoms with Crippen LogP contribution in [0.4, 0.5) is 0 Å². The summed E-state index contributed by atoms with van der Waals surface area (Å²) in [5.74, 6) is -0.405. The van der Waals surface area contributed by atoms with Crippen molar-refractivity contribution in [3.63, 3.8) is 0 Å². The largest absolute Gasteiger partial charge is 0.469 e. The third kappa shape index (κ3) is 3.61. The zero-order valence-corrected chi connectivity index (χ0v) is 13.9. The molecule has 21 heavy (non-hydrogen) atoms. The number of hydrogen-bond acceptors (Lipinski definition) is 3. The van der Waals surface area contributed by atoms with Gasteiger partial charge in [0.1, 0.15) is 0 Å². The lowest BCUT2D eigenvalue weighted by Gasteiger charge is -2.25. The normalized spacial score (nSPS) is 12.7. The summed E-state index contributed by atoms with van der Waals surface area (Å²) in [4.78, 5) is 11.8. The van der Waals surface area contributed by atoms with Crippen LogP contribution in [0.5, 0.6) is 0 Å². The van der Waals surface area contributed by atoms with Crippen molar-refractivity contribution < 1.29 is 9.53 Å². The minimum absolute atomic E-state index is 0.198. The summed E-state index contributed by atoms with van der Waals surface area (Å²) in [5, 5.41) is 2.28. The smallest absolute Gasteiger partial charge is 0.308 e. The summed E-state index contributed by atoms with van der Waals surface area (Å²) in [5.41, 5.74) is 0. The minimum atomic E-state index is -2.01. The molecule has 0 spiro atoms. The Morgan fingerprint density at radius 3 is 1.86 bits per heavy atom. The van der Waals surface area contributed by atoms with E-state index in [9.17, 15) is 4.79 Å². The molecule has 4 heteroatoms. The average molecular weight is 318 g/mol. The van der Waals surface area contributed by atoms with Crippen LogP contribution in [-0.2, 0) is 21.3 Å². The number of rotatable bonds is 5. The molecule has 2 nitrogen and oxygen atoms in total. The first-order chi connectivity index (χ1) is 10.1. The molecule has 0 saturated carbocycles. The zero-order valence-electron chi connectivity index (χ0n) is 12.2. The summed E-state index contributed by atoms with van der Waals surface area (Å²) in [6.45, 7) is 1.89. The van der Waals surface area contributed by atoms with Crippen LogP contribution in [0.3, 0.4) is 0 Å². The van der Waals surface area contributed by atoms with Gasteiger partial charge < -0.3 is 4.74 Å². The van der Waals surface area contributed by atoms with Crippen LogP contribution >= 0.6 is 6.04 Å². The Labute approximate surface area is 131 Å². The lowest BCUT2D eigenvalue weighted by atomic mass is 10.2. The van der Waals surface area contributed by atoms with Crippen molar-refractivity contribution in [3.8, 4) is 0 Å². The first-order valence-electron chi connectivity index (χ1n) is 6.86. The van der Waals surface area contributed by atoms with E-state index in [-0.39, 0.29) is 11.9 Å². The maximum absolute atomic E-state index is 11.8. The van der Waals surface area contributed by atoms with Gasteiger partial charge in [-0.25, -0.2) is 0 Å². The van der Waals surface area contributed by atoms with E-state index in [4.69, 9.17) is 16.5 Å². The fourth-order valence-corrected chi connectivity index (χ4v) is 6.71. The molecule has 110 valence electrons. The van der Waals surface area contributed by atoms with Crippen molar-refractivity contribution in [3.05, 3.63) is 60.7 Å². The van der Waals surface area contributed by atoms with Gasteiger partial charge in [-0.2, -0.15) is 0 Å². The van der Waals surface area contributed by atoms with Crippen molar-refractivity contribution in [1.29, 1.82) is 0 Å². The van der Waals surface area contributed by atoms with E-state index >= 15 is 0 Å². The van der Waals surface area contributed by atoms with E-state index in [1.54, 1.807) is 0 Å². The van der Waals surface area contributed by atoms with Crippen molar-refractivity contribution in [2.75, 3.05) is 13.3 Å². The molecule has 0 heterocycles. The predicted molar refractivity (Wildman–Crippen MR) is 92.5 cm³/mol. The first kappa shape index (κ1) is 15.9. The Hall–Kier alpha value is -1.44. The SMILES string of the molecule is COC(=O)C(C)CP(=S)(c1ccccc1)c1ccccc1. The van der Waals surface area contributed by atoms with Crippen LogP contribution in [0.2, 0.25) is 0 Å². The summed E-state index contributed by atoms with van der Waals surface area (Å²) in [7, 11) is 1.42. The first-order valence-corrected chi connectivity index (χ1v) is 9.85. The number of methoxy groups -OCH3 is 1. The maximum Gasteiger partial charge on any atom is 0.308 e. The minimum Gasteiger partial charge on any atom is -0.469 e. The molecule has 0 saturated heterocycles. The van der Waals surface area contributed by atoms with Crippen molar-refractivity contribution >= 4 is 34.4 Å². The Morgan fingerprint density at radius 1 is 1.05 bits per heavy atom. The Balaban J connectivity index is 2.46. The Kier molecular flexibility index (Phi) is 5.33. The zero-order chi connectivity index (χ0) is 15.3. The highest BCUT2D eigenvalue weighted by Gasteiger charge is 2.27. The molecule has 0 radical (unpaired) electrons. The Morgan fingerprint density at radius 2 is 1.48 bits per heavy atom. The van der Waals surface area contributed by atoms with Gasteiger partial charge in [0.25, 0.3) is 0 Å². The van der Waals surface area contributed by atoms with E-state index in [1.165, 1.54) is 7.11 Å². The Bertz CT molecular complexity index is 597. The van der Waals surface area contributed by atoms with Crippen LogP contribution in [0.15, 0.2) is 60.7 Å². The molecule has 1 atom stereocenters. The summed E-state index contributed by atoms with van der Waals surface area (Å²) in [6.07, 6.45) is 0.642. The average Bonchev–Trinajstić information content (AvgIpc) is 2.55. The van der Waals surface area contributed by atoms with Crippen LogP contribution in [0.1, 0.15) is 6.92 Å². The summed E-state index contributed by atoms with van der Waals surface area (Å²) < 4.78 is 4.86.